The smallest absolute Gasteiger partial charge is 0.309 e. The van der Waals surface area contributed by atoms with E-state index in [4.69, 9.17) is 14.0 Å². The summed E-state index contributed by atoms with van der Waals surface area (Å²) in [6.07, 6.45) is 0.549. The molecule has 0 spiro atoms. The first-order valence-electron chi connectivity index (χ1n) is 10.7. The molecule has 0 bridgehead atoms. The number of sulfonamides is 1. The normalized spacial score (nSPS) is 15.2. The Morgan fingerprint density at radius 1 is 1.26 bits per heavy atom. The third-order valence-electron chi connectivity index (χ3n) is 5.75. The van der Waals surface area contributed by atoms with E-state index in [1.807, 2.05) is 0 Å². The molecule has 1 amide bonds. The van der Waals surface area contributed by atoms with E-state index in [2.05, 4.69) is 5.16 Å². The van der Waals surface area contributed by atoms with Crippen molar-refractivity contribution in [1.82, 2.24) is 14.4 Å². The van der Waals surface area contributed by atoms with Crippen LogP contribution in [0, 0.1) is 25.6 Å². The van der Waals surface area contributed by atoms with Gasteiger partial charge in [-0.15, -0.1) is 0 Å². The van der Waals surface area contributed by atoms with Crippen LogP contribution >= 0.6 is 0 Å². The molecule has 0 aliphatic carbocycles. The molecule has 12 heteroatoms. The Labute approximate surface area is 197 Å². The number of piperidine rings is 1. The fourth-order valence-corrected chi connectivity index (χ4v) is 5.60. The van der Waals surface area contributed by atoms with E-state index in [1.54, 1.807) is 13.0 Å². The molecular formula is C22H28FN3O7S. The van der Waals surface area contributed by atoms with E-state index in [9.17, 15) is 22.4 Å². The SMILES string of the molecule is COc1ccc(CN(C)C(=O)COC(=O)C2CCN(S(=O)(=O)c3c(C)noc3C)CC2)cc1F. The lowest BCUT2D eigenvalue weighted by atomic mass is 9.98. The number of aromatic nitrogens is 1. The molecule has 0 unspecified atom stereocenters. The van der Waals surface area contributed by atoms with Crippen molar-refractivity contribution in [2.75, 3.05) is 33.9 Å². The third-order valence-corrected chi connectivity index (χ3v) is 7.90. The molecule has 1 aromatic heterocycles. The van der Waals surface area contributed by atoms with E-state index in [0.717, 1.165) is 0 Å². The fourth-order valence-electron chi connectivity index (χ4n) is 3.84. The lowest BCUT2D eigenvalue weighted by Gasteiger charge is -2.30. The summed E-state index contributed by atoms with van der Waals surface area (Å²) in [6, 6.07) is 4.39. The van der Waals surface area contributed by atoms with Crippen molar-refractivity contribution in [2.45, 2.75) is 38.1 Å². The Bertz CT molecular complexity index is 1140. The second kappa shape index (κ2) is 10.5. The highest BCUT2D eigenvalue weighted by molar-refractivity contribution is 7.89. The van der Waals surface area contributed by atoms with Crippen LogP contribution in [0.25, 0.3) is 0 Å². The molecule has 186 valence electrons. The van der Waals surface area contributed by atoms with Gasteiger partial charge in [0, 0.05) is 26.7 Å². The number of rotatable bonds is 8. The van der Waals surface area contributed by atoms with Crippen LogP contribution in [0.5, 0.6) is 5.75 Å². The number of nitrogens with zero attached hydrogens (tertiary/aromatic N) is 3. The van der Waals surface area contributed by atoms with E-state index >= 15 is 0 Å². The predicted octanol–water partition coefficient (Wildman–Crippen LogP) is 2.04. The fraction of sp³-hybridized carbons (Fsp3) is 0.500. The maximum Gasteiger partial charge on any atom is 0.309 e. The summed E-state index contributed by atoms with van der Waals surface area (Å²) >= 11 is 0. The van der Waals surface area contributed by atoms with Crippen LogP contribution in [0.1, 0.15) is 29.9 Å². The summed E-state index contributed by atoms with van der Waals surface area (Å²) in [6.45, 7) is 3.07. The molecule has 10 nitrogen and oxygen atoms in total. The average Bonchev–Trinajstić information content (AvgIpc) is 3.15. The summed E-state index contributed by atoms with van der Waals surface area (Å²) in [5.41, 5.74) is 0.853. The molecule has 1 aliphatic heterocycles. The van der Waals surface area contributed by atoms with Gasteiger partial charge in [0.15, 0.2) is 23.9 Å². The van der Waals surface area contributed by atoms with E-state index in [1.165, 1.54) is 42.4 Å². The van der Waals surface area contributed by atoms with Crippen molar-refractivity contribution in [3.63, 3.8) is 0 Å². The summed E-state index contributed by atoms with van der Waals surface area (Å²) in [4.78, 5) is 26.2. The number of hydrogen-bond donors (Lipinski definition) is 0. The van der Waals surface area contributed by atoms with E-state index < -0.39 is 40.2 Å². The topological polar surface area (TPSA) is 119 Å². The minimum atomic E-state index is -3.77. The van der Waals surface area contributed by atoms with Gasteiger partial charge < -0.3 is 18.9 Å². The number of halogens is 1. The summed E-state index contributed by atoms with van der Waals surface area (Å²) in [5.74, 6) is -1.70. The maximum absolute atomic E-state index is 13.8. The summed E-state index contributed by atoms with van der Waals surface area (Å²) in [7, 11) is -0.885. The van der Waals surface area contributed by atoms with Gasteiger partial charge in [-0.2, -0.15) is 4.31 Å². The molecule has 1 aliphatic rings. The Kier molecular flexibility index (Phi) is 7.93. The first-order valence-corrected chi connectivity index (χ1v) is 12.1. The van der Waals surface area contributed by atoms with Crippen LogP contribution in [-0.4, -0.2) is 68.5 Å². The van der Waals surface area contributed by atoms with Crippen LogP contribution in [0.4, 0.5) is 4.39 Å². The average molecular weight is 498 g/mol. The van der Waals surface area contributed by atoms with Crippen molar-refractivity contribution >= 4 is 21.9 Å². The lowest BCUT2D eigenvalue weighted by Crippen LogP contribution is -2.41. The number of benzene rings is 1. The van der Waals surface area contributed by atoms with E-state index in [-0.39, 0.29) is 48.9 Å². The van der Waals surface area contributed by atoms with Crippen molar-refractivity contribution in [2.24, 2.45) is 5.92 Å². The number of ether oxygens (including phenoxy) is 2. The summed E-state index contributed by atoms with van der Waals surface area (Å²) < 4.78 is 55.9. The van der Waals surface area contributed by atoms with Gasteiger partial charge in [-0.1, -0.05) is 11.2 Å². The molecule has 34 heavy (non-hydrogen) atoms. The minimum Gasteiger partial charge on any atom is -0.494 e. The first-order chi connectivity index (χ1) is 16.0. The molecule has 2 aromatic rings. The zero-order valence-electron chi connectivity index (χ0n) is 19.5. The minimum absolute atomic E-state index is 0.0545. The highest BCUT2D eigenvalue weighted by atomic mass is 32.2. The molecule has 0 radical (unpaired) electrons. The molecule has 0 atom stereocenters. The van der Waals surface area contributed by atoms with Gasteiger partial charge in [0.05, 0.1) is 13.0 Å². The van der Waals surface area contributed by atoms with Crippen LogP contribution in [0.15, 0.2) is 27.6 Å². The molecule has 0 saturated carbocycles. The van der Waals surface area contributed by atoms with Gasteiger partial charge in [-0.05, 0) is 44.4 Å². The number of aryl methyl sites for hydroxylation is 2. The zero-order valence-corrected chi connectivity index (χ0v) is 20.4. The Hall–Kier alpha value is -2.99. The van der Waals surface area contributed by atoms with Crippen LogP contribution in [-0.2, 0) is 30.9 Å². The Morgan fingerprint density at radius 2 is 1.94 bits per heavy atom. The molecule has 1 saturated heterocycles. The van der Waals surface area contributed by atoms with Gasteiger partial charge in [0.2, 0.25) is 10.0 Å². The van der Waals surface area contributed by atoms with Gasteiger partial charge >= 0.3 is 5.97 Å². The van der Waals surface area contributed by atoms with Crippen molar-refractivity contribution < 1.29 is 36.4 Å². The monoisotopic (exact) mass is 497 g/mol. The maximum atomic E-state index is 13.8. The molecule has 0 N–H and O–H groups in total. The number of carbonyl (C=O) groups excluding carboxylic acids is 2. The number of likely N-dealkylation sites (N-methyl/N-ethyl adjacent to an activating group) is 1. The van der Waals surface area contributed by atoms with Crippen LogP contribution < -0.4 is 4.74 Å². The summed E-state index contributed by atoms with van der Waals surface area (Å²) in [5, 5.41) is 3.70. The second-order valence-corrected chi connectivity index (χ2v) is 10.0. The molecule has 3 rings (SSSR count). The lowest BCUT2D eigenvalue weighted by molar-refractivity contribution is -0.156. The van der Waals surface area contributed by atoms with Gasteiger partial charge in [0.25, 0.3) is 5.91 Å². The van der Waals surface area contributed by atoms with E-state index in [0.29, 0.717) is 11.3 Å². The van der Waals surface area contributed by atoms with Gasteiger partial charge in [-0.25, -0.2) is 12.8 Å². The first kappa shape index (κ1) is 25.6. The zero-order chi connectivity index (χ0) is 25.0. The predicted molar refractivity (Wildman–Crippen MR) is 118 cm³/mol. The number of carbonyl (C=O) groups is 2. The highest BCUT2D eigenvalue weighted by Crippen LogP contribution is 2.28. The van der Waals surface area contributed by atoms with Crippen LogP contribution in [0.2, 0.25) is 0 Å². The number of amides is 1. The highest BCUT2D eigenvalue weighted by Gasteiger charge is 2.36. The molecule has 1 fully saturated rings. The largest absolute Gasteiger partial charge is 0.494 e. The number of methoxy groups -OCH3 is 1. The van der Waals surface area contributed by atoms with Gasteiger partial charge in [-0.3, -0.25) is 9.59 Å². The van der Waals surface area contributed by atoms with Gasteiger partial charge in [0.1, 0.15) is 10.6 Å². The van der Waals surface area contributed by atoms with Crippen molar-refractivity contribution in [3.8, 4) is 5.75 Å². The van der Waals surface area contributed by atoms with Crippen molar-refractivity contribution in [1.29, 1.82) is 0 Å². The molecule has 1 aromatic carbocycles. The molecule has 2 heterocycles. The molecular weight excluding hydrogens is 469 g/mol. The Balaban J connectivity index is 1.48. The second-order valence-electron chi connectivity index (χ2n) is 8.16. The van der Waals surface area contributed by atoms with Crippen molar-refractivity contribution in [3.05, 3.63) is 41.0 Å². The quantitative estimate of drug-likeness (QED) is 0.509. The number of hydrogen-bond acceptors (Lipinski definition) is 8. The number of esters is 1. The van der Waals surface area contributed by atoms with Crippen LogP contribution in [0.3, 0.4) is 0 Å². The standard InChI is InChI=1S/C22H28FN3O7S/c1-14-21(15(2)33-24-14)34(29,30)26-9-7-17(8-10-26)22(28)32-13-20(27)25(3)12-16-5-6-19(31-4)18(23)11-16/h5-6,11,17H,7-10,12-13H2,1-4H3. The third kappa shape index (κ3) is 5.55. The Morgan fingerprint density at radius 3 is 2.50 bits per heavy atom.